The van der Waals surface area contributed by atoms with Crippen LogP contribution in [-0.4, -0.2) is 50.3 Å². The third kappa shape index (κ3) is 4.51. The summed E-state index contributed by atoms with van der Waals surface area (Å²) in [5.41, 5.74) is 6.65. The van der Waals surface area contributed by atoms with E-state index >= 15 is 0 Å². The van der Waals surface area contributed by atoms with E-state index in [1.165, 1.54) is 0 Å². The van der Waals surface area contributed by atoms with Crippen LogP contribution in [-0.2, 0) is 14.3 Å². The van der Waals surface area contributed by atoms with Crippen molar-refractivity contribution in [3.63, 3.8) is 0 Å². The van der Waals surface area contributed by atoms with Gasteiger partial charge in [-0.05, 0) is 17.7 Å². The number of benzene rings is 1. The lowest BCUT2D eigenvalue weighted by molar-refractivity contribution is -0.141. The van der Waals surface area contributed by atoms with Gasteiger partial charge >= 0.3 is 0 Å². The van der Waals surface area contributed by atoms with Crippen molar-refractivity contribution in [3.8, 4) is 0 Å². The second-order valence-electron chi connectivity index (χ2n) is 5.05. The molecule has 1 aliphatic rings. The molecule has 21 heavy (non-hydrogen) atoms. The van der Waals surface area contributed by atoms with E-state index in [1.807, 2.05) is 29.2 Å². The molecule has 1 aromatic carbocycles. The van der Waals surface area contributed by atoms with Crippen LogP contribution >= 0.6 is 15.9 Å². The first-order valence-electron chi connectivity index (χ1n) is 7.01. The monoisotopic (exact) mass is 356 g/mol. The molecule has 116 valence electrons. The number of hydrogen-bond acceptors (Lipinski definition) is 4. The number of ether oxygens (including phenoxy) is 2. The zero-order chi connectivity index (χ0) is 15.2. The molecule has 1 fully saturated rings. The van der Waals surface area contributed by atoms with E-state index in [1.54, 1.807) is 7.11 Å². The van der Waals surface area contributed by atoms with Gasteiger partial charge in [0.15, 0.2) is 0 Å². The highest BCUT2D eigenvalue weighted by molar-refractivity contribution is 9.10. The Morgan fingerprint density at radius 2 is 2.24 bits per heavy atom. The van der Waals surface area contributed by atoms with Crippen LogP contribution in [0.4, 0.5) is 0 Å². The zero-order valence-electron chi connectivity index (χ0n) is 12.1. The van der Waals surface area contributed by atoms with E-state index in [-0.39, 0.29) is 18.1 Å². The molecule has 0 aromatic heterocycles. The van der Waals surface area contributed by atoms with E-state index in [2.05, 4.69) is 15.9 Å². The quantitative estimate of drug-likeness (QED) is 0.872. The van der Waals surface area contributed by atoms with Gasteiger partial charge in [0, 0.05) is 24.7 Å². The molecule has 2 N–H and O–H groups in total. The Morgan fingerprint density at radius 1 is 1.52 bits per heavy atom. The topological polar surface area (TPSA) is 64.8 Å². The highest BCUT2D eigenvalue weighted by Crippen LogP contribution is 2.24. The van der Waals surface area contributed by atoms with Crippen LogP contribution in [0.25, 0.3) is 0 Å². The second-order valence-corrected chi connectivity index (χ2v) is 5.96. The molecule has 1 heterocycles. The molecular weight excluding hydrogens is 336 g/mol. The molecule has 1 aromatic rings. The molecule has 5 nitrogen and oxygen atoms in total. The van der Waals surface area contributed by atoms with Crippen LogP contribution < -0.4 is 5.73 Å². The predicted molar refractivity (Wildman–Crippen MR) is 83.9 cm³/mol. The fraction of sp³-hybridized carbons (Fsp3) is 0.533. The van der Waals surface area contributed by atoms with Crippen LogP contribution in [0.3, 0.4) is 0 Å². The summed E-state index contributed by atoms with van der Waals surface area (Å²) in [5, 5.41) is 0. The first-order chi connectivity index (χ1) is 10.1. The first-order valence-corrected chi connectivity index (χ1v) is 7.81. The van der Waals surface area contributed by atoms with Crippen LogP contribution in [0.15, 0.2) is 28.7 Å². The van der Waals surface area contributed by atoms with Gasteiger partial charge in [0.25, 0.3) is 0 Å². The van der Waals surface area contributed by atoms with E-state index in [4.69, 9.17) is 15.2 Å². The summed E-state index contributed by atoms with van der Waals surface area (Å²) in [7, 11) is 1.58. The second kappa shape index (κ2) is 7.89. The minimum Gasteiger partial charge on any atom is -0.380 e. The summed E-state index contributed by atoms with van der Waals surface area (Å²) in [6, 6.07) is 7.99. The van der Waals surface area contributed by atoms with E-state index < -0.39 is 0 Å². The summed E-state index contributed by atoms with van der Waals surface area (Å²) in [6.45, 7) is 2.09. The highest BCUT2D eigenvalue weighted by atomic mass is 79.9. The maximum atomic E-state index is 12.3. The number of methoxy groups -OCH3 is 1. The number of amides is 1. The van der Waals surface area contributed by atoms with Crippen molar-refractivity contribution in [1.29, 1.82) is 0 Å². The number of morpholine rings is 1. The minimum atomic E-state index is -0.216. The summed E-state index contributed by atoms with van der Waals surface area (Å²) in [5.74, 6) is 0.0673. The number of carbonyl (C=O) groups is 1. The van der Waals surface area contributed by atoms with Gasteiger partial charge in [-0.2, -0.15) is 0 Å². The zero-order valence-corrected chi connectivity index (χ0v) is 13.7. The van der Waals surface area contributed by atoms with Gasteiger partial charge in [0.1, 0.15) is 6.10 Å². The van der Waals surface area contributed by atoms with Crippen molar-refractivity contribution in [2.75, 3.05) is 33.4 Å². The Bertz CT molecular complexity index is 462. The van der Waals surface area contributed by atoms with Crippen molar-refractivity contribution < 1.29 is 14.3 Å². The predicted octanol–water partition coefficient (Wildman–Crippen LogP) is 1.71. The Morgan fingerprint density at radius 3 is 2.86 bits per heavy atom. The largest absolute Gasteiger partial charge is 0.380 e. The SMILES string of the molecule is COC(CN)CC(=O)N1CCOC(c2ccc(Br)cc2)C1. The molecule has 0 bridgehead atoms. The maximum absolute atomic E-state index is 12.3. The van der Waals surface area contributed by atoms with Crippen LogP contribution in [0.2, 0.25) is 0 Å². The smallest absolute Gasteiger partial charge is 0.225 e. The highest BCUT2D eigenvalue weighted by Gasteiger charge is 2.26. The first kappa shape index (κ1) is 16.4. The van der Waals surface area contributed by atoms with E-state index in [0.29, 0.717) is 32.7 Å². The number of nitrogens with zero attached hydrogens (tertiary/aromatic N) is 1. The summed E-state index contributed by atoms with van der Waals surface area (Å²) < 4.78 is 12.0. The molecule has 0 saturated carbocycles. The molecule has 0 spiro atoms. The van der Waals surface area contributed by atoms with Crippen LogP contribution in [0.1, 0.15) is 18.1 Å². The van der Waals surface area contributed by atoms with E-state index in [0.717, 1.165) is 10.0 Å². The lowest BCUT2D eigenvalue weighted by Crippen LogP contribution is -2.44. The van der Waals surface area contributed by atoms with Crippen molar-refractivity contribution in [1.82, 2.24) is 4.90 Å². The average Bonchev–Trinajstić information content (AvgIpc) is 2.53. The lowest BCUT2D eigenvalue weighted by Gasteiger charge is -2.34. The fourth-order valence-electron chi connectivity index (χ4n) is 2.34. The minimum absolute atomic E-state index is 0.0673. The Labute approximate surface area is 133 Å². The van der Waals surface area contributed by atoms with Crippen molar-refractivity contribution in [2.45, 2.75) is 18.6 Å². The third-order valence-corrected chi connectivity index (χ3v) is 4.19. The summed E-state index contributed by atoms with van der Waals surface area (Å²) >= 11 is 3.42. The van der Waals surface area contributed by atoms with Gasteiger partial charge in [0.05, 0.1) is 25.7 Å². The fourth-order valence-corrected chi connectivity index (χ4v) is 2.61. The molecule has 0 radical (unpaired) electrons. The number of halogens is 1. The molecule has 2 unspecified atom stereocenters. The molecule has 1 saturated heterocycles. The third-order valence-electron chi connectivity index (χ3n) is 3.66. The maximum Gasteiger partial charge on any atom is 0.225 e. The number of nitrogens with two attached hydrogens (primary N) is 1. The van der Waals surface area contributed by atoms with Crippen LogP contribution in [0, 0.1) is 0 Å². The normalized spacial score (nSPS) is 20.3. The van der Waals surface area contributed by atoms with E-state index in [9.17, 15) is 4.79 Å². The number of carbonyl (C=O) groups excluding carboxylic acids is 1. The molecule has 1 amide bonds. The Hall–Kier alpha value is -0.950. The van der Waals surface area contributed by atoms with Gasteiger partial charge in [-0.3, -0.25) is 4.79 Å². The van der Waals surface area contributed by atoms with Crippen molar-refractivity contribution in [3.05, 3.63) is 34.3 Å². The molecular formula is C15H21BrN2O3. The van der Waals surface area contributed by atoms with Crippen LogP contribution in [0.5, 0.6) is 0 Å². The molecule has 6 heteroatoms. The van der Waals surface area contributed by atoms with Gasteiger partial charge < -0.3 is 20.1 Å². The summed E-state index contributed by atoms with van der Waals surface area (Å²) in [6.07, 6.45) is 0.0289. The van der Waals surface area contributed by atoms with Crippen molar-refractivity contribution in [2.24, 2.45) is 5.73 Å². The van der Waals surface area contributed by atoms with Gasteiger partial charge in [-0.15, -0.1) is 0 Å². The molecule has 2 rings (SSSR count). The summed E-state index contributed by atoms with van der Waals surface area (Å²) in [4.78, 5) is 14.1. The Kier molecular flexibility index (Phi) is 6.17. The number of hydrogen-bond donors (Lipinski definition) is 1. The van der Waals surface area contributed by atoms with Gasteiger partial charge in [-0.25, -0.2) is 0 Å². The standard InChI is InChI=1S/C15H21BrN2O3/c1-20-13(9-17)8-15(19)18-6-7-21-14(10-18)11-2-4-12(16)5-3-11/h2-5,13-14H,6-10,17H2,1H3. The van der Waals surface area contributed by atoms with Crippen molar-refractivity contribution >= 4 is 21.8 Å². The Balaban J connectivity index is 1.97. The lowest BCUT2D eigenvalue weighted by atomic mass is 10.1. The average molecular weight is 357 g/mol. The number of rotatable bonds is 5. The molecule has 2 atom stereocenters. The van der Waals surface area contributed by atoms with Gasteiger partial charge in [-0.1, -0.05) is 28.1 Å². The molecule has 1 aliphatic heterocycles. The van der Waals surface area contributed by atoms with Gasteiger partial charge in [0.2, 0.25) is 5.91 Å². The molecule has 0 aliphatic carbocycles.